The number of nitrogens with zero attached hydrogens (tertiary/aromatic N) is 2. The fraction of sp³-hybridized carbons (Fsp3) is 0.261. The molecule has 156 valence electrons. The molecule has 0 saturated carbocycles. The summed E-state index contributed by atoms with van der Waals surface area (Å²) in [5.74, 6) is -0.588. The lowest BCUT2D eigenvalue weighted by Gasteiger charge is -2.13. The van der Waals surface area contributed by atoms with Crippen LogP contribution in [0.4, 0.5) is 5.69 Å². The van der Waals surface area contributed by atoms with E-state index in [0.29, 0.717) is 11.3 Å². The maximum atomic E-state index is 12.8. The highest BCUT2D eigenvalue weighted by atomic mass is 79.9. The first-order valence-corrected chi connectivity index (χ1v) is 10.4. The molecule has 0 fully saturated rings. The van der Waals surface area contributed by atoms with E-state index in [9.17, 15) is 9.59 Å². The lowest BCUT2D eigenvalue weighted by atomic mass is 10.1. The summed E-state index contributed by atoms with van der Waals surface area (Å²) in [5.41, 5.74) is 6.59. The van der Waals surface area contributed by atoms with Gasteiger partial charge in [0.2, 0.25) is 5.91 Å². The lowest BCUT2D eigenvalue weighted by Crippen LogP contribution is -2.33. The van der Waals surface area contributed by atoms with Crippen LogP contribution in [0.5, 0.6) is 0 Å². The first kappa shape index (κ1) is 21.8. The zero-order valence-electron chi connectivity index (χ0n) is 17.8. The number of amides is 2. The van der Waals surface area contributed by atoms with Gasteiger partial charge in [0.15, 0.2) is 0 Å². The first-order chi connectivity index (χ1) is 14.2. The molecule has 0 aliphatic heterocycles. The molecule has 3 aromatic rings. The molecule has 3 rings (SSSR count). The summed E-state index contributed by atoms with van der Waals surface area (Å²) < 4.78 is 2.70. The van der Waals surface area contributed by atoms with Gasteiger partial charge in [-0.3, -0.25) is 9.59 Å². The average molecular weight is 469 g/mol. The summed E-state index contributed by atoms with van der Waals surface area (Å²) in [7, 11) is 0. The van der Waals surface area contributed by atoms with Crippen molar-refractivity contribution in [2.75, 3.05) is 11.9 Å². The summed E-state index contributed by atoms with van der Waals surface area (Å²) in [6.45, 7) is 9.44. The molecular weight excluding hydrogens is 444 g/mol. The van der Waals surface area contributed by atoms with E-state index in [4.69, 9.17) is 0 Å². The molecule has 0 atom stereocenters. The van der Waals surface area contributed by atoms with E-state index in [-0.39, 0.29) is 18.4 Å². The smallest absolute Gasteiger partial charge is 0.255 e. The van der Waals surface area contributed by atoms with Crippen LogP contribution in [0.2, 0.25) is 0 Å². The molecule has 7 heteroatoms. The molecule has 0 saturated heterocycles. The fourth-order valence-corrected chi connectivity index (χ4v) is 3.88. The first-order valence-electron chi connectivity index (χ1n) is 9.65. The molecule has 0 aliphatic carbocycles. The van der Waals surface area contributed by atoms with Gasteiger partial charge in [0.25, 0.3) is 5.91 Å². The van der Waals surface area contributed by atoms with E-state index in [1.807, 2.05) is 64.1 Å². The third kappa shape index (κ3) is 4.62. The van der Waals surface area contributed by atoms with Gasteiger partial charge in [0.1, 0.15) is 0 Å². The number of carbonyl (C=O) groups is 2. The molecule has 6 nitrogen and oxygen atoms in total. The molecule has 0 spiro atoms. The molecule has 0 aliphatic rings. The van der Waals surface area contributed by atoms with Gasteiger partial charge in [-0.15, -0.1) is 0 Å². The molecule has 30 heavy (non-hydrogen) atoms. The van der Waals surface area contributed by atoms with Crippen molar-refractivity contribution in [2.45, 2.75) is 34.6 Å². The second kappa shape index (κ2) is 8.83. The lowest BCUT2D eigenvalue weighted by molar-refractivity contribution is -0.115. The van der Waals surface area contributed by atoms with Gasteiger partial charge in [-0.2, -0.15) is 5.10 Å². The van der Waals surface area contributed by atoms with Crippen molar-refractivity contribution in [1.82, 2.24) is 15.1 Å². The molecule has 0 unspecified atom stereocenters. The van der Waals surface area contributed by atoms with Crippen LogP contribution in [0, 0.1) is 34.6 Å². The van der Waals surface area contributed by atoms with Crippen LogP contribution >= 0.6 is 15.9 Å². The third-order valence-electron chi connectivity index (χ3n) is 4.94. The van der Waals surface area contributed by atoms with E-state index < -0.39 is 0 Å². The maximum Gasteiger partial charge on any atom is 0.255 e. The van der Waals surface area contributed by atoms with Gasteiger partial charge in [0, 0.05) is 10.2 Å². The van der Waals surface area contributed by atoms with Gasteiger partial charge in [-0.25, -0.2) is 4.68 Å². The van der Waals surface area contributed by atoms with Crippen LogP contribution in [0.15, 0.2) is 40.9 Å². The van der Waals surface area contributed by atoms with Crippen LogP contribution in [0.25, 0.3) is 5.69 Å². The number of hydrogen-bond donors (Lipinski definition) is 2. The third-order valence-corrected chi connectivity index (χ3v) is 5.47. The monoisotopic (exact) mass is 468 g/mol. The highest BCUT2D eigenvalue weighted by Crippen LogP contribution is 2.22. The SMILES string of the molecule is Cc1cc(C)c(NC(=O)CNC(=O)c2c(C)nn(-c3ccc(Br)cc3)c2C)c(C)c1. The molecular formula is C23H25BrN4O2. The number of aryl methyl sites for hydroxylation is 4. The van der Waals surface area contributed by atoms with Crippen LogP contribution in [0.3, 0.4) is 0 Å². The van der Waals surface area contributed by atoms with E-state index in [1.54, 1.807) is 11.6 Å². The van der Waals surface area contributed by atoms with Crippen LogP contribution in [0.1, 0.15) is 38.4 Å². The minimum absolute atomic E-state index is 0.117. The Morgan fingerprint density at radius 3 is 2.20 bits per heavy atom. The fourth-order valence-electron chi connectivity index (χ4n) is 3.61. The van der Waals surface area contributed by atoms with Gasteiger partial charge in [-0.1, -0.05) is 33.6 Å². The topological polar surface area (TPSA) is 76.0 Å². The van der Waals surface area contributed by atoms with Crippen LogP contribution in [-0.2, 0) is 4.79 Å². The Kier molecular flexibility index (Phi) is 6.41. The predicted molar refractivity (Wildman–Crippen MR) is 122 cm³/mol. The minimum atomic E-state index is -0.319. The zero-order valence-corrected chi connectivity index (χ0v) is 19.3. The Morgan fingerprint density at radius 1 is 1.00 bits per heavy atom. The number of carbonyl (C=O) groups excluding carboxylic acids is 2. The standard InChI is InChI=1S/C23H25BrN4O2/c1-13-10-14(2)22(15(3)11-13)26-20(29)12-25-23(30)21-16(4)27-28(17(21)5)19-8-6-18(24)7-9-19/h6-11H,12H2,1-5H3,(H,25,30)(H,26,29). The van der Waals surface area contributed by atoms with Crippen molar-refractivity contribution in [2.24, 2.45) is 0 Å². The van der Waals surface area contributed by atoms with Crippen molar-refractivity contribution < 1.29 is 9.59 Å². The predicted octanol–water partition coefficient (Wildman–Crippen LogP) is 4.55. The summed E-state index contributed by atoms with van der Waals surface area (Å²) in [5, 5.41) is 10.1. The molecule has 2 amide bonds. The molecule has 1 heterocycles. The number of benzene rings is 2. The van der Waals surface area contributed by atoms with E-state index >= 15 is 0 Å². The van der Waals surface area contributed by atoms with Crippen molar-refractivity contribution in [3.05, 3.63) is 74.5 Å². The largest absolute Gasteiger partial charge is 0.343 e. The van der Waals surface area contributed by atoms with Gasteiger partial charge in [0.05, 0.1) is 29.2 Å². The van der Waals surface area contributed by atoms with Gasteiger partial charge in [-0.05, 0) is 70.0 Å². The summed E-state index contributed by atoms with van der Waals surface area (Å²) in [6, 6.07) is 11.7. The normalized spacial score (nSPS) is 10.7. The van der Waals surface area contributed by atoms with Gasteiger partial charge < -0.3 is 10.6 Å². The Morgan fingerprint density at radius 2 is 1.60 bits per heavy atom. The second-order valence-corrected chi connectivity index (χ2v) is 8.35. The van der Waals surface area contributed by atoms with Crippen LogP contribution in [-0.4, -0.2) is 28.1 Å². The number of nitrogens with one attached hydrogen (secondary N) is 2. The molecule has 1 aromatic heterocycles. The number of aromatic nitrogens is 2. The maximum absolute atomic E-state index is 12.8. The highest BCUT2D eigenvalue weighted by molar-refractivity contribution is 9.10. The van der Waals surface area contributed by atoms with Gasteiger partial charge >= 0.3 is 0 Å². The second-order valence-electron chi connectivity index (χ2n) is 7.44. The molecule has 0 radical (unpaired) electrons. The average Bonchev–Trinajstić information content (AvgIpc) is 2.97. The summed E-state index contributed by atoms with van der Waals surface area (Å²) in [6.07, 6.45) is 0. The van der Waals surface area contributed by atoms with Crippen LogP contribution < -0.4 is 10.6 Å². The molecule has 2 aromatic carbocycles. The van der Waals surface area contributed by atoms with Crippen molar-refractivity contribution in [3.63, 3.8) is 0 Å². The van der Waals surface area contributed by atoms with E-state index in [0.717, 1.165) is 38.2 Å². The molecule has 0 bridgehead atoms. The Hall–Kier alpha value is -2.93. The Bertz CT molecular complexity index is 1090. The Labute approximate surface area is 184 Å². The van der Waals surface area contributed by atoms with E-state index in [1.165, 1.54) is 0 Å². The Balaban J connectivity index is 1.71. The quantitative estimate of drug-likeness (QED) is 0.576. The van der Waals surface area contributed by atoms with Crippen molar-refractivity contribution >= 4 is 33.4 Å². The molecule has 2 N–H and O–H groups in total. The number of halogens is 1. The summed E-state index contributed by atoms with van der Waals surface area (Å²) in [4.78, 5) is 25.2. The number of anilines is 1. The number of hydrogen-bond acceptors (Lipinski definition) is 3. The van der Waals surface area contributed by atoms with Crippen molar-refractivity contribution in [1.29, 1.82) is 0 Å². The number of rotatable bonds is 5. The zero-order chi connectivity index (χ0) is 22.0. The highest BCUT2D eigenvalue weighted by Gasteiger charge is 2.20. The summed E-state index contributed by atoms with van der Waals surface area (Å²) >= 11 is 3.42. The van der Waals surface area contributed by atoms with Crippen molar-refractivity contribution in [3.8, 4) is 5.69 Å². The van der Waals surface area contributed by atoms with E-state index in [2.05, 4.69) is 31.7 Å². The minimum Gasteiger partial charge on any atom is -0.343 e.